The number of amidine groups is 1. The number of hydrogen-bond acceptors (Lipinski definition) is 2. The maximum absolute atomic E-state index is 4.47. The fraction of sp³-hybridized carbons (Fsp3) is 0.258. The smallest absolute Gasteiger partial charge is 0.163 e. The van der Waals surface area contributed by atoms with Crippen LogP contribution in [-0.4, -0.2) is 5.84 Å². The number of rotatable bonds is 4. The second kappa shape index (κ2) is 15.8. The van der Waals surface area contributed by atoms with E-state index in [0.717, 1.165) is 39.2 Å². The topological polar surface area (TPSA) is 51.2 Å². The van der Waals surface area contributed by atoms with E-state index in [4.69, 9.17) is 0 Å². The Morgan fingerprint density at radius 2 is 1.08 bits per heavy atom. The van der Waals surface area contributed by atoms with E-state index < -0.39 is 0 Å². The van der Waals surface area contributed by atoms with Crippen LogP contribution in [0.2, 0.25) is 0 Å². The van der Waals surface area contributed by atoms with E-state index in [2.05, 4.69) is 45.1 Å². The third-order valence-corrected chi connectivity index (χ3v) is 5.73. The first-order valence-corrected chi connectivity index (χ1v) is 12.2. The van der Waals surface area contributed by atoms with Gasteiger partial charge >= 0.3 is 0 Å². The summed E-state index contributed by atoms with van der Waals surface area (Å²) < 4.78 is 0. The molecule has 1 aliphatic rings. The molecular weight excluding hydrogens is 531 g/mol. The number of allylic oxidation sites excluding steroid dienone is 4. The minimum atomic E-state index is 0. The van der Waals surface area contributed by atoms with Gasteiger partial charge < -0.3 is 10.5 Å². The van der Waals surface area contributed by atoms with Crippen LogP contribution in [0.15, 0.2) is 106 Å². The average molecular weight is 567 g/mol. The molecule has 0 saturated heterocycles. The van der Waals surface area contributed by atoms with Gasteiger partial charge in [0, 0.05) is 25.0 Å². The molecule has 0 atom stereocenters. The molecule has 3 aromatic carbocycles. The van der Waals surface area contributed by atoms with Crippen LogP contribution in [0.3, 0.4) is 0 Å². The van der Waals surface area contributed by atoms with Crippen LogP contribution in [0.4, 0.5) is 11.4 Å². The summed E-state index contributed by atoms with van der Waals surface area (Å²) in [5, 5.41) is 13.4. The first-order chi connectivity index (χ1) is 17.1. The SMILES string of the molecule is C1=C\CC/C=C\CC/1.Cc1cccc(C)c1N=N/C(=N\[N-]c1c(C)cccc1C)c1ccccc1.[Rh]. The maximum atomic E-state index is 4.47. The summed E-state index contributed by atoms with van der Waals surface area (Å²) in [5.74, 6) is 0.487. The van der Waals surface area contributed by atoms with Gasteiger partial charge in [0.2, 0.25) is 0 Å². The largest absolute Gasteiger partial charge is 0.573 e. The van der Waals surface area contributed by atoms with Crippen LogP contribution in [0.5, 0.6) is 0 Å². The number of nitrogens with zero attached hydrogens (tertiary/aromatic N) is 4. The zero-order chi connectivity index (χ0) is 24.9. The monoisotopic (exact) mass is 566 g/mol. The van der Waals surface area contributed by atoms with Crippen molar-refractivity contribution in [2.75, 3.05) is 0 Å². The Bertz CT molecular complexity index is 1140. The van der Waals surface area contributed by atoms with Crippen LogP contribution in [-0.2, 0) is 19.5 Å². The molecule has 0 aromatic heterocycles. The molecule has 0 fully saturated rings. The third kappa shape index (κ3) is 9.13. The summed E-state index contributed by atoms with van der Waals surface area (Å²) in [6, 6.07) is 22.0. The van der Waals surface area contributed by atoms with E-state index in [0.29, 0.717) is 5.84 Å². The van der Waals surface area contributed by atoms with Crippen molar-refractivity contribution in [1.82, 2.24) is 0 Å². The standard InChI is InChI=1S/C23H23N4.C8H12.Rh/c1-16-10-8-11-17(2)21(16)24-26-23(20-14-6-5-7-15-20)27-25-22-18(3)12-9-13-19(22)4;1-2-4-6-8-7-5-3-1;/h5-15H,1-4H3;1-2,7-8H,3-6H2;/q-1;;/b26-23-,27-25?;2-1-,8-7-;. The molecule has 0 saturated carbocycles. The molecular formula is C31H35N4Rh-. The molecule has 36 heavy (non-hydrogen) atoms. The summed E-state index contributed by atoms with van der Waals surface area (Å²) in [6.07, 6.45) is 14.0. The van der Waals surface area contributed by atoms with Gasteiger partial charge in [0.15, 0.2) is 5.84 Å². The minimum Gasteiger partial charge on any atom is -0.573 e. The molecule has 189 valence electrons. The zero-order valence-electron chi connectivity index (χ0n) is 21.6. The molecule has 0 N–H and O–H groups in total. The van der Waals surface area contributed by atoms with Crippen LogP contribution in [0.25, 0.3) is 5.43 Å². The van der Waals surface area contributed by atoms with E-state index in [-0.39, 0.29) is 19.5 Å². The second-order valence-corrected chi connectivity index (χ2v) is 8.67. The van der Waals surface area contributed by atoms with Gasteiger partial charge in [-0.15, -0.1) is 15.9 Å². The van der Waals surface area contributed by atoms with Crippen molar-refractivity contribution in [3.8, 4) is 0 Å². The van der Waals surface area contributed by atoms with Gasteiger partial charge in [-0.1, -0.05) is 102 Å². The molecule has 1 aliphatic carbocycles. The number of azo groups is 1. The Hall–Kier alpha value is -3.17. The van der Waals surface area contributed by atoms with Crippen molar-refractivity contribution >= 4 is 17.2 Å². The zero-order valence-corrected chi connectivity index (χ0v) is 23.2. The summed E-state index contributed by atoms with van der Waals surface area (Å²) in [5.41, 5.74) is 11.4. The Balaban J connectivity index is 0.000000433. The van der Waals surface area contributed by atoms with Gasteiger partial charge in [-0.25, -0.2) is 0 Å². The molecule has 0 bridgehead atoms. The van der Waals surface area contributed by atoms with E-state index in [1.807, 2.05) is 94.4 Å². The second-order valence-electron chi connectivity index (χ2n) is 8.67. The summed E-state index contributed by atoms with van der Waals surface area (Å²) in [6.45, 7) is 8.12. The Kier molecular flexibility index (Phi) is 12.7. The van der Waals surface area contributed by atoms with Gasteiger partial charge in [-0.2, -0.15) is 0 Å². The molecule has 4 nitrogen and oxygen atoms in total. The van der Waals surface area contributed by atoms with E-state index in [1.54, 1.807) is 0 Å². The van der Waals surface area contributed by atoms with Crippen molar-refractivity contribution in [2.45, 2.75) is 53.4 Å². The minimum absolute atomic E-state index is 0. The van der Waals surface area contributed by atoms with E-state index in [1.165, 1.54) is 25.7 Å². The average Bonchev–Trinajstić information content (AvgIpc) is 2.82. The van der Waals surface area contributed by atoms with Gasteiger partial charge in [0.05, 0.1) is 5.69 Å². The van der Waals surface area contributed by atoms with Gasteiger partial charge in [-0.05, 0) is 64.5 Å². The summed E-state index contributed by atoms with van der Waals surface area (Å²) in [7, 11) is 0. The Labute approximate surface area is 229 Å². The normalized spacial score (nSPS) is 15.1. The molecule has 3 aromatic rings. The van der Waals surface area contributed by atoms with Gasteiger partial charge in [0.25, 0.3) is 0 Å². The quantitative estimate of drug-likeness (QED) is 0.0754. The van der Waals surface area contributed by atoms with Crippen LogP contribution >= 0.6 is 0 Å². The predicted molar refractivity (Wildman–Crippen MR) is 149 cm³/mol. The summed E-state index contributed by atoms with van der Waals surface area (Å²) in [4.78, 5) is 0. The molecule has 5 heteroatoms. The summed E-state index contributed by atoms with van der Waals surface area (Å²) >= 11 is 0. The van der Waals surface area contributed by atoms with E-state index in [9.17, 15) is 0 Å². The van der Waals surface area contributed by atoms with Gasteiger partial charge in [-0.3, -0.25) is 0 Å². The van der Waals surface area contributed by atoms with Crippen molar-refractivity contribution in [1.29, 1.82) is 0 Å². The molecule has 0 heterocycles. The fourth-order valence-electron chi connectivity index (χ4n) is 3.70. The molecule has 1 radical (unpaired) electrons. The molecule has 0 amide bonds. The molecule has 0 spiro atoms. The first kappa shape index (κ1) is 29.1. The molecule has 0 unspecified atom stereocenters. The van der Waals surface area contributed by atoms with Crippen molar-refractivity contribution in [2.24, 2.45) is 15.3 Å². The van der Waals surface area contributed by atoms with Crippen LogP contribution < -0.4 is 0 Å². The van der Waals surface area contributed by atoms with Crippen LogP contribution in [0, 0.1) is 27.7 Å². The first-order valence-electron chi connectivity index (χ1n) is 12.2. The predicted octanol–water partition coefficient (Wildman–Crippen LogP) is 9.74. The van der Waals surface area contributed by atoms with Crippen molar-refractivity contribution in [3.05, 3.63) is 124 Å². The van der Waals surface area contributed by atoms with Crippen molar-refractivity contribution in [3.63, 3.8) is 0 Å². The Morgan fingerprint density at radius 3 is 1.58 bits per heavy atom. The maximum Gasteiger partial charge on any atom is 0.163 e. The number of benzene rings is 3. The number of aryl methyl sites for hydroxylation is 4. The van der Waals surface area contributed by atoms with E-state index >= 15 is 0 Å². The molecule has 4 rings (SSSR count). The Morgan fingerprint density at radius 1 is 0.611 bits per heavy atom. The number of hydrogen-bond donors (Lipinski definition) is 0. The van der Waals surface area contributed by atoms with Crippen LogP contribution in [0.1, 0.15) is 53.5 Å². The van der Waals surface area contributed by atoms with Gasteiger partial charge in [0.1, 0.15) is 0 Å². The fourth-order valence-corrected chi connectivity index (χ4v) is 3.70. The van der Waals surface area contributed by atoms with Crippen molar-refractivity contribution < 1.29 is 19.5 Å². The third-order valence-electron chi connectivity index (χ3n) is 5.73. The molecule has 0 aliphatic heterocycles.